The molecule has 0 radical (unpaired) electrons. The number of aliphatic hydroxyl groups is 7. The second-order valence-corrected chi connectivity index (χ2v) is 5.51. The van der Waals surface area contributed by atoms with Crippen molar-refractivity contribution < 1.29 is 50.0 Å². The lowest BCUT2D eigenvalue weighted by Crippen LogP contribution is -2.63. The van der Waals surface area contributed by atoms with Gasteiger partial charge in [-0.25, -0.2) is 0 Å². The van der Waals surface area contributed by atoms with E-state index in [2.05, 4.69) is 0 Å². The number of aliphatic hydroxyl groups excluding tert-OH is 7. The molecule has 22 heavy (non-hydrogen) atoms. The van der Waals surface area contributed by atoms with Crippen LogP contribution < -0.4 is 0 Å². The van der Waals surface area contributed by atoms with Gasteiger partial charge in [0.25, 0.3) is 0 Å². The van der Waals surface area contributed by atoms with Crippen molar-refractivity contribution in [3.8, 4) is 0 Å². The van der Waals surface area contributed by atoms with Gasteiger partial charge in [0.05, 0.1) is 12.7 Å². The van der Waals surface area contributed by atoms with E-state index < -0.39 is 68.0 Å². The van der Waals surface area contributed by atoms with E-state index >= 15 is 0 Å². The highest BCUT2D eigenvalue weighted by Crippen LogP contribution is 2.28. The largest absolute Gasteiger partial charge is 0.394 e. The first-order valence-electron chi connectivity index (χ1n) is 6.93. The molecule has 0 aromatic carbocycles. The van der Waals surface area contributed by atoms with Crippen LogP contribution in [0, 0.1) is 0 Å². The smallest absolute Gasteiger partial charge is 0.187 e. The van der Waals surface area contributed by atoms with Gasteiger partial charge in [-0.15, -0.1) is 0 Å². The van der Waals surface area contributed by atoms with Crippen molar-refractivity contribution in [1.82, 2.24) is 0 Å². The molecule has 2 saturated heterocycles. The van der Waals surface area contributed by atoms with E-state index in [9.17, 15) is 30.6 Å². The van der Waals surface area contributed by atoms with Crippen LogP contribution in [-0.4, -0.2) is 104 Å². The van der Waals surface area contributed by atoms with E-state index in [-0.39, 0.29) is 0 Å². The van der Waals surface area contributed by atoms with Crippen molar-refractivity contribution in [1.29, 1.82) is 0 Å². The second kappa shape index (κ2) is 7.01. The molecular weight excluding hydrogens is 304 g/mol. The zero-order valence-corrected chi connectivity index (χ0v) is 11.8. The zero-order valence-electron chi connectivity index (χ0n) is 11.8. The van der Waals surface area contributed by atoms with Gasteiger partial charge in [0.2, 0.25) is 0 Å². The second-order valence-electron chi connectivity index (χ2n) is 5.51. The minimum atomic E-state index is -1.64. The third kappa shape index (κ3) is 3.26. The summed E-state index contributed by atoms with van der Waals surface area (Å²) >= 11 is 0. The molecule has 2 heterocycles. The van der Waals surface area contributed by atoms with E-state index in [4.69, 9.17) is 19.3 Å². The molecule has 10 nitrogen and oxygen atoms in total. The maximum Gasteiger partial charge on any atom is 0.187 e. The summed E-state index contributed by atoms with van der Waals surface area (Å²) in [4.78, 5) is 0. The summed E-state index contributed by atoms with van der Waals surface area (Å²) in [6.07, 6.45) is -14.2. The fraction of sp³-hybridized carbons (Fsp3) is 1.00. The van der Waals surface area contributed by atoms with Crippen molar-refractivity contribution in [3.63, 3.8) is 0 Å². The Morgan fingerprint density at radius 3 is 2.05 bits per heavy atom. The van der Waals surface area contributed by atoms with E-state index in [1.54, 1.807) is 0 Å². The molecule has 0 spiro atoms. The molecule has 0 saturated carbocycles. The summed E-state index contributed by atoms with van der Waals surface area (Å²) in [7, 11) is 0. The summed E-state index contributed by atoms with van der Waals surface area (Å²) in [5, 5.41) is 67.2. The molecular formula is C12H22O10. The molecule has 130 valence electrons. The molecule has 2 rings (SSSR count). The Morgan fingerprint density at radius 1 is 0.818 bits per heavy atom. The Bertz CT molecular complexity index is 366. The van der Waals surface area contributed by atoms with Crippen molar-refractivity contribution in [3.05, 3.63) is 0 Å². The molecule has 0 bridgehead atoms. The minimum Gasteiger partial charge on any atom is -0.394 e. The van der Waals surface area contributed by atoms with Crippen LogP contribution >= 0.6 is 0 Å². The van der Waals surface area contributed by atoms with E-state index in [1.165, 1.54) is 6.92 Å². The van der Waals surface area contributed by atoms with Crippen LogP contribution in [0.15, 0.2) is 0 Å². The Labute approximate surface area is 126 Å². The van der Waals surface area contributed by atoms with Gasteiger partial charge in [0.1, 0.15) is 42.7 Å². The first-order chi connectivity index (χ1) is 10.3. The minimum absolute atomic E-state index is 0.620. The molecule has 2 fully saturated rings. The SMILES string of the molecule is C[C@@H]1OC(O)[C@@H](O)[C@H](O)[C@@H]1O[C@@H]1O[C@H](CO)[C@@H](O)[C@H](O)[C@H]1O. The molecule has 2 aliphatic heterocycles. The maximum atomic E-state index is 9.92. The predicted molar refractivity (Wildman–Crippen MR) is 67.2 cm³/mol. The summed E-state index contributed by atoms with van der Waals surface area (Å²) in [5.41, 5.74) is 0. The number of hydrogen-bond acceptors (Lipinski definition) is 10. The van der Waals surface area contributed by atoms with Crippen LogP contribution in [0.4, 0.5) is 0 Å². The third-order valence-electron chi connectivity index (χ3n) is 3.94. The fourth-order valence-electron chi connectivity index (χ4n) is 2.54. The van der Waals surface area contributed by atoms with Gasteiger partial charge in [-0.1, -0.05) is 0 Å². The summed E-state index contributed by atoms with van der Waals surface area (Å²) in [6, 6.07) is 0. The molecule has 10 heteroatoms. The highest BCUT2D eigenvalue weighted by atomic mass is 16.7. The van der Waals surface area contributed by atoms with Crippen LogP contribution in [0.25, 0.3) is 0 Å². The normalized spacial score (nSPS) is 53.5. The van der Waals surface area contributed by atoms with Crippen molar-refractivity contribution >= 4 is 0 Å². The lowest BCUT2D eigenvalue weighted by Gasteiger charge is -2.44. The standard InChI is InChI=1S/C12H22O10/c1-3-10(7(16)8(17)11(19)20-3)22-12-9(18)6(15)5(14)4(2-13)21-12/h3-19H,2H2,1H3/t3-,4+,5+,6-,7-,8-,9+,10+,11?,12-/m0/s1. The predicted octanol–water partition coefficient (Wildman–Crippen LogP) is -4.37. The highest BCUT2D eigenvalue weighted by Gasteiger charge is 2.49. The fourth-order valence-corrected chi connectivity index (χ4v) is 2.54. The average molecular weight is 326 g/mol. The van der Waals surface area contributed by atoms with E-state index in [0.717, 1.165) is 0 Å². The Kier molecular flexibility index (Phi) is 5.72. The van der Waals surface area contributed by atoms with Crippen molar-refractivity contribution in [2.75, 3.05) is 6.61 Å². The molecule has 2 aliphatic rings. The van der Waals surface area contributed by atoms with Gasteiger partial charge in [-0.3, -0.25) is 0 Å². The topological polar surface area (TPSA) is 169 Å². The van der Waals surface area contributed by atoms with Gasteiger partial charge in [0.15, 0.2) is 12.6 Å². The lowest BCUT2D eigenvalue weighted by atomic mass is 9.97. The number of hydrogen-bond donors (Lipinski definition) is 7. The zero-order chi connectivity index (χ0) is 16.6. The van der Waals surface area contributed by atoms with E-state index in [0.29, 0.717) is 0 Å². The first kappa shape index (κ1) is 17.9. The van der Waals surface area contributed by atoms with Crippen LogP contribution in [-0.2, 0) is 14.2 Å². The van der Waals surface area contributed by atoms with Crippen molar-refractivity contribution in [2.24, 2.45) is 0 Å². The maximum absolute atomic E-state index is 9.92. The molecule has 0 aliphatic carbocycles. The Balaban J connectivity index is 2.08. The monoisotopic (exact) mass is 326 g/mol. The van der Waals surface area contributed by atoms with Crippen LogP contribution in [0.1, 0.15) is 6.92 Å². The van der Waals surface area contributed by atoms with Gasteiger partial charge < -0.3 is 50.0 Å². The molecule has 7 N–H and O–H groups in total. The Hall–Kier alpha value is -0.400. The molecule has 10 atom stereocenters. The summed E-state index contributed by atoms with van der Waals surface area (Å²) < 4.78 is 15.5. The van der Waals surface area contributed by atoms with Crippen LogP contribution in [0.2, 0.25) is 0 Å². The van der Waals surface area contributed by atoms with Gasteiger partial charge in [-0.2, -0.15) is 0 Å². The number of rotatable bonds is 3. The van der Waals surface area contributed by atoms with Crippen LogP contribution in [0.3, 0.4) is 0 Å². The highest BCUT2D eigenvalue weighted by molar-refractivity contribution is 4.92. The third-order valence-corrected chi connectivity index (χ3v) is 3.94. The van der Waals surface area contributed by atoms with E-state index in [1.807, 2.05) is 0 Å². The van der Waals surface area contributed by atoms with Crippen molar-refractivity contribution in [2.45, 2.75) is 68.3 Å². The molecule has 0 amide bonds. The molecule has 0 aromatic heterocycles. The van der Waals surface area contributed by atoms with Gasteiger partial charge in [0, 0.05) is 0 Å². The van der Waals surface area contributed by atoms with Gasteiger partial charge >= 0.3 is 0 Å². The average Bonchev–Trinajstić information content (AvgIpc) is 2.49. The van der Waals surface area contributed by atoms with Gasteiger partial charge in [-0.05, 0) is 6.92 Å². The summed E-state index contributed by atoms with van der Waals surface area (Å²) in [6.45, 7) is 0.846. The molecule has 1 unspecified atom stereocenters. The summed E-state index contributed by atoms with van der Waals surface area (Å²) in [5.74, 6) is 0. The first-order valence-corrected chi connectivity index (χ1v) is 6.93. The lowest BCUT2D eigenvalue weighted by molar-refractivity contribution is -0.351. The van der Waals surface area contributed by atoms with Crippen LogP contribution in [0.5, 0.6) is 0 Å². The molecule has 0 aromatic rings. The number of ether oxygens (including phenoxy) is 3. The quantitative estimate of drug-likeness (QED) is 0.269. The Morgan fingerprint density at radius 2 is 1.45 bits per heavy atom.